The second-order valence-corrected chi connectivity index (χ2v) is 4.77. The number of nitrogen functional groups attached to an aromatic ring is 1. The third-order valence-electron chi connectivity index (χ3n) is 3.36. The first-order valence-corrected chi connectivity index (χ1v) is 6.74. The van der Waals surface area contributed by atoms with Gasteiger partial charge in [-0.3, -0.25) is 4.90 Å². The Morgan fingerprint density at radius 3 is 2.21 bits per heavy atom. The minimum atomic E-state index is 0.412. The number of para-hydroxylation sites is 1. The Morgan fingerprint density at radius 1 is 1.11 bits per heavy atom. The van der Waals surface area contributed by atoms with Crippen LogP contribution in [0.5, 0.6) is 0 Å². The van der Waals surface area contributed by atoms with Gasteiger partial charge >= 0.3 is 0 Å². The van der Waals surface area contributed by atoms with Crippen LogP contribution in [0, 0.1) is 0 Å². The van der Waals surface area contributed by atoms with Gasteiger partial charge in [0.05, 0.1) is 13.2 Å². The SMILES string of the molecule is COCCN(CCOC)C(C)Cc1ccccc1N. The number of hydrogen-bond acceptors (Lipinski definition) is 4. The van der Waals surface area contributed by atoms with Gasteiger partial charge in [0.1, 0.15) is 0 Å². The molecule has 0 heterocycles. The molecule has 0 spiro atoms. The van der Waals surface area contributed by atoms with Crippen molar-refractivity contribution < 1.29 is 9.47 Å². The number of nitrogens with two attached hydrogens (primary N) is 1. The maximum atomic E-state index is 6.00. The zero-order valence-electron chi connectivity index (χ0n) is 12.3. The summed E-state index contributed by atoms with van der Waals surface area (Å²) in [5, 5.41) is 0. The molecule has 0 radical (unpaired) electrons. The summed E-state index contributed by atoms with van der Waals surface area (Å²) in [6, 6.07) is 8.47. The van der Waals surface area contributed by atoms with Crippen LogP contribution in [0.15, 0.2) is 24.3 Å². The van der Waals surface area contributed by atoms with Gasteiger partial charge in [-0.15, -0.1) is 0 Å². The summed E-state index contributed by atoms with van der Waals surface area (Å²) in [6.45, 7) is 5.51. The van der Waals surface area contributed by atoms with Crippen LogP contribution in [-0.4, -0.2) is 51.5 Å². The van der Waals surface area contributed by atoms with E-state index in [1.54, 1.807) is 14.2 Å². The standard InChI is InChI=1S/C15H26N2O2/c1-13(12-14-6-4-5-7-15(14)16)17(8-10-18-2)9-11-19-3/h4-7,13H,8-12,16H2,1-3H3. The maximum Gasteiger partial charge on any atom is 0.0589 e. The minimum Gasteiger partial charge on any atom is -0.399 e. The van der Waals surface area contributed by atoms with E-state index in [9.17, 15) is 0 Å². The number of hydrogen-bond donors (Lipinski definition) is 1. The van der Waals surface area contributed by atoms with Crippen LogP contribution in [0.4, 0.5) is 5.69 Å². The largest absolute Gasteiger partial charge is 0.399 e. The first-order chi connectivity index (χ1) is 9.19. The molecule has 1 aromatic rings. The highest BCUT2D eigenvalue weighted by molar-refractivity contribution is 5.46. The lowest BCUT2D eigenvalue weighted by Crippen LogP contribution is -2.39. The van der Waals surface area contributed by atoms with Crippen molar-refractivity contribution in [2.75, 3.05) is 46.3 Å². The normalized spacial score (nSPS) is 12.8. The van der Waals surface area contributed by atoms with Crippen LogP contribution >= 0.6 is 0 Å². The van der Waals surface area contributed by atoms with Crippen molar-refractivity contribution in [3.63, 3.8) is 0 Å². The average molecular weight is 266 g/mol. The fourth-order valence-electron chi connectivity index (χ4n) is 2.14. The fourth-order valence-corrected chi connectivity index (χ4v) is 2.14. The Labute approximate surface area is 116 Å². The summed E-state index contributed by atoms with van der Waals surface area (Å²) in [5.74, 6) is 0. The van der Waals surface area contributed by atoms with Gasteiger partial charge in [0.2, 0.25) is 0 Å². The van der Waals surface area contributed by atoms with E-state index in [1.807, 2.05) is 18.2 Å². The predicted octanol–water partition coefficient (Wildman–Crippen LogP) is 1.79. The maximum absolute atomic E-state index is 6.00. The van der Waals surface area contributed by atoms with E-state index >= 15 is 0 Å². The number of anilines is 1. The molecule has 1 aromatic carbocycles. The van der Waals surface area contributed by atoms with Crippen LogP contribution < -0.4 is 5.73 Å². The molecule has 0 amide bonds. The second kappa shape index (κ2) is 8.91. The predicted molar refractivity (Wildman–Crippen MR) is 79.3 cm³/mol. The molecule has 4 nitrogen and oxygen atoms in total. The lowest BCUT2D eigenvalue weighted by molar-refractivity contribution is 0.0920. The van der Waals surface area contributed by atoms with Crippen molar-refractivity contribution in [1.82, 2.24) is 4.90 Å². The van der Waals surface area contributed by atoms with Gasteiger partial charge in [0.15, 0.2) is 0 Å². The van der Waals surface area contributed by atoms with Crippen LogP contribution in [-0.2, 0) is 15.9 Å². The van der Waals surface area contributed by atoms with Gasteiger partial charge in [-0.2, -0.15) is 0 Å². The molecule has 0 aliphatic carbocycles. The topological polar surface area (TPSA) is 47.7 Å². The quantitative estimate of drug-likeness (QED) is 0.692. The Balaban J connectivity index is 2.59. The van der Waals surface area contributed by atoms with Gasteiger partial charge in [0, 0.05) is 39.0 Å². The zero-order chi connectivity index (χ0) is 14.1. The molecule has 0 fully saturated rings. The molecule has 0 saturated carbocycles. The van der Waals surface area contributed by atoms with Crippen LogP contribution in [0.1, 0.15) is 12.5 Å². The fraction of sp³-hybridized carbons (Fsp3) is 0.600. The van der Waals surface area contributed by atoms with Crippen LogP contribution in [0.3, 0.4) is 0 Å². The van der Waals surface area contributed by atoms with Gasteiger partial charge in [-0.25, -0.2) is 0 Å². The summed E-state index contributed by atoms with van der Waals surface area (Å²) in [7, 11) is 3.46. The molecule has 4 heteroatoms. The van der Waals surface area contributed by atoms with Crippen molar-refractivity contribution in [1.29, 1.82) is 0 Å². The lowest BCUT2D eigenvalue weighted by Gasteiger charge is -2.29. The number of rotatable bonds is 9. The third-order valence-corrected chi connectivity index (χ3v) is 3.36. The number of methoxy groups -OCH3 is 2. The van der Waals surface area contributed by atoms with E-state index in [0.29, 0.717) is 6.04 Å². The van der Waals surface area contributed by atoms with Gasteiger partial charge in [0.25, 0.3) is 0 Å². The van der Waals surface area contributed by atoms with Crippen molar-refractivity contribution in [3.8, 4) is 0 Å². The van der Waals surface area contributed by atoms with E-state index in [1.165, 1.54) is 5.56 Å². The molecule has 0 saturated heterocycles. The van der Waals surface area contributed by atoms with Crippen LogP contribution in [0.25, 0.3) is 0 Å². The highest BCUT2D eigenvalue weighted by atomic mass is 16.5. The Hall–Kier alpha value is -1.10. The average Bonchev–Trinajstić information content (AvgIpc) is 2.41. The zero-order valence-corrected chi connectivity index (χ0v) is 12.3. The Kier molecular flexibility index (Phi) is 7.48. The van der Waals surface area contributed by atoms with Crippen molar-refractivity contribution >= 4 is 5.69 Å². The molecule has 19 heavy (non-hydrogen) atoms. The monoisotopic (exact) mass is 266 g/mol. The van der Waals surface area contributed by atoms with E-state index < -0.39 is 0 Å². The van der Waals surface area contributed by atoms with Gasteiger partial charge in [-0.05, 0) is 25.0 Å². The first-order valence-electron chi connectivity index (χ1n) is 6.74. The van der Waals surface area contributed by atoms with E-state index in [0.717, 1.165) is 38.4 Å². The highest BCUT2D eigenvalue weighted by Gasteiger charge is 2.14. The van der Waals surface area contributed by atoms with E-state index in [-0.39, 0.29) is 0 Å². The van der Waals surface area contributed by atoms with E-state index in [4.69, 9.17) is 15.2 Å². The van der Waals surface area contributed by atoms with Crippen molar-refractivity contribution in [2.24, 2.45) is 0 Å². The summed E-state index contributed by atoms with van der Waals surface area (Å²) >= 11 is 0. The van der Waals surface area contributed by atoms with Gasteiger partial charge in [-0.1, -0.05) is 18.2 Å². The summed E-state index contributed by atoms with van der Waals surface area (Å²) in [5.41, 5.74) is 8.07. The molecule has 1 unspecified atom stereocenters. The van der Waals surface area contributed by atoms with Crippen molar-refractivity contribution in [2.45, 2.75) is 19.4 Å². The molecule has 0 aliphatic heterocycles. The molecule has 0 bridgehead atoms. The summed E-state index contributed by atoms with van der Waals surface area (Å²) < 4.78 is 10.3. The molecular formula is C15H26N2O2. The van der Waals surface area contributed by atoms with E-state index in [2.05, 4.69) is 17.9 Å². The van der Waals surface area contributed by atoms with Gasteiger partial charge < -0.3 is 15.2 Å². The molecule has 108 valence electrons. The smallest absolute Gasteiger partial charge is 0.0589 e. The number of nitrogens with zero attached hydrogens (tertiary/aromatic N) is 1. The minimum absolute atomic E-state index is 0.412. The Bertz CT molecular complexity index is 350. The lowest BCUT2D eigenvalue weighted by atomic mass is 10.0. The molecule has 1 atom stereocenters. The molecule has 0 aliphatic rings. The highest BCUT2D eigenvalue weighted by Crippen LogP contribution is 2.15. The molecule has 2 N–H and O–H groups in total. The van der Waals surface area contributed by atoms with Crippen molar-refractivity contribution in [3.05, 3.63) is 29.8 Å². The first kappa shape index (κ1) is 16.0. The Morgan fingerprint density at radius 2 is 1.68 bits per heavy atom. The number of benzene rings is 1. The third kappa shape index (κ3) is 5.59. The molecular weight excluding hydrogens is 240 g/mol. The summed E-state index contributed by atoms with van der Waals surface area (Å²) in [6.07, 6.45) is 0.945. The summed E-state index contributed by atoms with van der Waals surface area (Å²) in [4.78, 5) is 2.37. The molecule has 1 rings (SSSR count). The van der Waals surface area contributed by atoms with Crippen LogP contribution in [0.2, 0.25) is 0 Å². The second-order valence-electron chi connectivity index (χ2n) is 4.77. The number of ether oxygens (including phenoxy) is 2. The molecule has 0 aromatic heterocycles.